The maximum absolute atomic E-state index is 11.9. The highest BCUT2D eigenvalue weighted by atomic mass is 16.3. The van der Waals surface area contributed by atoms with Crippen molar-refractivity contribution in [1.29, 1.82) is 0 Å². The second-order valence-electron chi connectivity index (χ2n) is 8.65. The Labute approximate surface area is 173 Å². The molecule has 2 aliphatic rings. The molecule has 2 aliphatic carbocycles. The Balaban J connectivity index is 1.50. The van der Waals surface area contributed by atoms with Crippen LogP contribution in [0.15, 0.2) is 59.4 Å². The molecule has 5 nitrogen and oxygen atoms in total. The summed E-state index contributed by atoms with van der Waals surface area (Å²) in [5.41, 5.74) is 5.13. The van der Waals surface area contributed by atoms with Gasteiger partial charge in [-0.3, -0.25) is 9.36 Å². The highest BCUT2D eigenvalue weighted by Crippen LogP contribution is 2.65. The summed E-state index contributed by atoms with van der Waals surface area (Å²) in [6, 6.07) is 17.6. The first-order chi connectivity index (χ1) is 14.5. The molecule has 3 atom stereocenters. The summed E-state index contributed by atoms with van der Waals surface area (Å²) < 4.78 is 1.53. The first kappa shape index (κ1) is 17.4. The van der Waals surface area contributed by atoms with Crippen molar-refractivity contribution in [3.05, 3.63) is 87.2 Å². The lowest BCUT2D eigenvalue weighted by atomic mass is 9.81. The Hall–Kier alpha value is -3.47. The van der Waals surface area contributed by atoms with Crippen molar-refractivity contribution in [2.75, 3.05) is 0 Å². The second kappa shape index (κ2) is 6.02. The Morgan fingerprint density at radius 3 is 2.47 bits per heavy atom. The van der Waals surface area contributed by atoms with Crippen LogP contribution in [0.4, 0.5) is 0 Å². The van der Waals surface area contributed by atoms with Crippen molar-refractivity contribution in [1.82, 2.24) is 9.55 Å². The zero-order valence-electron chi connectivity index (χ0n) is 16.6. The molecular weight excluding hydrogens is 376 g/mol. The topological polar surface area (TPSA) is 78.2 Å². The predicted octanol–water partition coefficient (Wildman–Crippen LogP) is 4.80. The van der Waals surface area contributed by atoms with Gasteiger partial charge in [0.25, 0.3) is 0 Å². The van der Waals surface area contributed by atoms with E-state index >= 15 is 0 Å². The largest absolute Gasteiger partial charge is 0.494 e. The van der Waals surface area contributed by atoms with E-state index in [2.05, 4.69) is 29.2 Å². The van der Waals surface area contributed by atoms with Crippen molar-refractivity contribution >= 4 is 10.9 Å². The maximum atomic E-state index is 11.9. The summed E-state index contributed by atoms with van der Waals surface area (Å²) in [5.74, 6) is 1.06. The summed E-state index contributed by atoms with van der Waals surface area (Å²) in [6.07, 6.45) is 1.96. The number of benzene rings is 2. The zero-order valence-corrected chi connectivity index (χ0v) is 16.6. The predicted molar refractivity (Wildman–Crippen MR) is 116 cm³/mol. The van der Waals surface area contributed by atoms with Gasteiger partial charge in [-0.15, -0.1) is 0 Å². The van der Waals surface area contributed by atoms with Crippen molar-refractivity contribution < 1.29 is 10.2 Å². The number of hydrogen-bond donors (Lipinski definition) is 3. The lowest BCUT2D eigenvalue weighted by molar-refractivity contribution is 0.394. The third kappa shape index (κ3) is 2.26. The summed E-state index contributed by atoms with van der Waals surface area (Å²) in [4.78, 5) is 14.8. The van der Waals surface area contributed by atoms with Crippen molar-refractivity contribution in [2.24, 2.45) is 0 Å². The van der Waals surface area contributed by atoms with Crippen LogP contribution in [0, 0.1) is 6.92 Å². The van der Waals surface area contributed by atoms with Gasteiger partial charge in [0.2, 0.25) is 17.3 Å². The van der Waals surface area contributed by atoms with Crippen LogP contribution in [0.25, 0.3) is 16.6 Å². The van der Waals surface area contributed by atoms with Crippen LogP contribution in [0.3, 0.4) is 0 Å². The van der Waals surface area contributed by atoms with Gasteiger partial charge in [-0.2, -0.15) is 0 Å². The molecule has 0 spiro atoms. The second-order valence-corrected chi connectivity index (χ2v) is 8.65. The van der Waals surface area contributed by atoms with Crippen LogP contribution in [-0.2, 0) is 0 Å². The fourth-order valence-electron chi connectivity index (χ4n) is 5.82. The van der Waals surface area contributed by atoms with Crippen LogP contribution in [0.5, 0.6) is 11.8 Å². The van der Waals surface area contributed by atoms with Gasteiger partial charge >= 0.3 is 0 Å². The maximum Gasteiger partial charge on any atom is 0.248 e. The molecular formula is C25H22N2O3. The highest BCUT2D eigenvalue weighted by molar-refractivity contribution is 5.84. The minimum absolute atomic E-state index is 0.116. The fraction of sp³-hybridized carbons (Fsp3) is 0.240. The third-order valence-corrected chi connectivity index (χ3v) is 7.06. The number of H-pyrrole nitrogens is 1. The molecule has 2 aromatic heterocycles. The first-order valence-corrected chi connectivity index (χ1v) is 10.4. The molecule has 6 rings (SSSR count). The number of rotatable bonds is 2. The quantitative estimate of drug-likeness (QED) is 0.454. The number of fused-ring (bicyclic) bond motifs is 6. The molecule has 150 valence electrons. The molecule has 2 bridgehead atoms. The molecule has 2 aromatic carbocycles. The molecule has 1 saturated carbocycles. The highest BCUT2D eigenvalue weighted by Gasteiger charge is 2.49. The van der Waals surface area contributed by atoms with E-state index in [1.165, 1.54) is 10.1 Å². The minimum atomic E-state index is -0.163. The first-order valence-electron chi connectivity index (χ1n) is 10.4. The van der Waals surface area contributed by atoms with Gasteiger partial charge < -0.3 is 15.2 Å². The average molecular weight is 398 g/mol. The zero-order chi connectivity index (χ0) is 20.6. The van der Waals surface area contributed by atoms with Gasteiger partial charge in [0.1, 0.15) is 0 Å². The van der Waals surface area contributed by atoms with Gasteiger partial charge in [-0.25, -0.2) is 0 Å². The number of nitrogens with one attached hydrogen (secondary N) is 1. The smallest absolute Gasteiger partial charge is 0.248 e. The van der Waals surface area contributed by atoms with Crippen LogP contribution in [0.1, 0.15) is 52.8 Å². The van der Waals surface area contributed by atoms with E-state index in [1.807, 2.05) is 31.2 Å². The lowest BCUT2D eigenvalue weighted by Gasteiger charge is -2.22. The summed E-state index contributed by atoms with van der Waals surface area (Å²) >= 11 is 0. The SMILES string of the molecule is Cc1cc(=O)[nH]c2cc(-n3c(O)c4c(c3O)[C@@H]3C[C@H]4C[C@@H]3c3ccccc3)ccc12. The van der Waals surface area contributed by atoms with Gasteiger partial charge in [0, 0.05) is 22.6 Å². The number of hydrogen-bond acceptors (Lipinski definition) is 3. The molecule has 30 heavy (non-hydrogen) atoms. The number of aromatic amines is 1. The lowest BCUT2D eigenvalue weighted by Crippen LogP contribution is -2.07. The number of aromatic hydroxyl groups is 2. The number of pyridine rings is 1. The molecule has 0 radical (unpaired) electrons. The van der Waals surface area contributed by atoms with Crippen molar-refractivity contribution in [2.45, 2.75) is 37.5 Å². The molecule has 5 heteroatoms. The van der Waals surface area contributed by atoms with E-state index in [-0.39, 0.29) is 29.2 Å². The minimum Gasteiger partial charge on any atom is -0.494 e. The molecule has 3 N–H and O–H groups in total. The van der Waals surface area contributed by atoms with E-state index in [4.69, 9.17) is 0 Å². The van der Waals surface area contributed by atoms with E-state index in [1.54, 1.807) is 6.07 Å². The van der Waals surface area contributed by atoms with Gasteiger partial charge in [0.15, 0.2) is 0 Å². The summed E-state index contributed by atoms with van der Waals surface area (Å²) in [7, 11) is 0. The van der Waals surface area contributed by atoms with Crippen LogP contribution in [0.2, 0.25) is 0 Å². The van der Waals surface area contributed by atoms with Crippen LogP contribution in [-0.4, -0.2) is 19.8 Å². The number of aromatic nitrogens is 2. The molecule has 0 aliphatic heterocycles. The van der Waals surface area contributed by atoms with E-state index in [0.29, 0.717) is 17.1 Å². The van der Waals surface area contributed by atoms with E-state index < -0.39 is 0 Å². The fourth-order valence-corrected chi connectivity index (χ4v) is 5.82. The Bertz CT molecular complexity index is 1370. The summed E-state index contributed by atoms with van der Waals surface area (Å²) in [5, 5.41) is 23.2. The molecule has 0 amide bonds. The van der Waals surface area contributed by atoms with Gasteiger partial charge in [0.05, 0.1) is 11.2 Å². The molecule has 0 saturated heterocycles. The Morgan fingerprint density at radius 1 is 0.933 bits per heavy atom. The van der Waals surface area contributed by atoms with Crippen LogP contribution >= 0.6 is 0 Å². The molecule has 2 heterocycles. The van der Waals surface area contributed by atoms with E-state index in [9.17, 15) is 15.0 Å². The molecule has 1 fully saturated rings. The van der Waals surface area contributed by atoms with Gasteiger partial charge in [-0.05, 0) is 60.8 Å². The Morgan fingerprint density at radius 2 is 1.67 bits per heavy atom. The van der Waals surface area contributed by atoms with Crippen molar-refractivity contribution in [3.63, 3.8) is 0 Å². The molecule has 0 unspecified atom stereocenters. The average Bonchev–Trinajstić information content (AvgIpc) is 3.39. The van der Waals surface area contributed by atoms with Crippen molar-refractivity contribution in [3.8, 4) is 17.4 Å². The normalized spacial score (nSPS) is 22.0. The number of nitrogens with zero attached hydrogens (tertiary/aromatic N) is 1. The van der Waals surface area contributed by atoms with Gasteiger partial charge in [-0.1, -0.05) is 36.4 Å². The summed E-state index contributed by atoms with van der Waals surface area (Å²) in [6.45, 7) is 1.90. The van der Waals surface area contributed by atoms with Crippen LogP contribution < -0.4 is 5.56 Å². The van der Waals surface area contributed by atoms with E-state index in [0.717, 1.165) is 34.9 Å². The number of aryl methyl sites for hydroxylation is 1. The molecule has 4 aromatic rings. The Kier molecular flexibility index (Phi) is 3.49. The third-order valence-electron chi connectivity index (χ3n) is 7.06. The monoisotopic (exact) mass is 398 g/mol. The standard InChI is InChI=1S/C25H22N2O3/c1-13-9-21(28)26-20-12-16(7-8-17(13)20)27-24(29)22-15-10-18(14-5-3-2-4-6-14)19(11-15)23(22)25(27)30/h2-9,12,15,18-19,29-30H,10-11H2,1H3,(H,26,28)/t15-,18-,19-/m1/s1.